The molecule has 0 saturated carbocycles. The third kappa shape index (κ3) is 6.26. The van der Waals surface area contributed by atoms with Gasteiger partial charge in [-0.25, -0.2) is 0 Å². The molecule has 0 spiro atoms. The van der Waals surface area contributed by atoms with Gasteiger partial charge in [0.1, 0.15) is 5.75 Å². The van der Waals surface area contributed by atoms with Crippen molar-refractivity contribution in [3.05, 3.63) is 24.3 Å². The van der Waals surface area contributed by atoms with Gasteiger partial charge in [-0.05, 0) is 46.1 Å². The summed E-state index contributed by atoms with van der Waals surface area (Å²) in [5.41, 5.74) is 6.47. The molecule has 0 bridgehead atoms. The first-order chi connectivity index (χ1) is 9.52. The predicted octanol–water partition coefficient (Wildman–Crippen LogP) is 2.31. The Hall–Kier alpha value is -1.26. The van der Waals surface area contributed by atoms with Crippen molar-refractivity contribution in [1.29, 1.82) is 0 Å². The molecule has 1 atom stereocenters. The molecule has 0 aliphatic rings. The first-order valence-electron chi connectivity index (χ1n) is 7.40. The first kappa shape index (κ1) is 16.8. The average molecular weight is 279 g/mol. The summed E-state index contributed by atoms with van der Waals surface area (Å²) in [4.78, 5) is 4.72. The van der Waals surface area contributed by atoms with Crippen molar-refractivity contribution in [2.75, 3.05) is 46.1 Å². The zero-order valence-electron chi connectivity index (χ0n) is 13.3. The molecule has 0 aliphatic carbocycles. The molecule has 1 aromatic rings. The molecular weight excluding hydrogens is 250 g/mol. The normalized spacial score (nSPS) is 12.9. The van der Waals surface area contributed by atoms with Crippen molar-refractivity contribution in [1.82, 2.24) is 9.80 Å². The topological polar surface area (TPSA) is 41.7 Å². The van der Waals surface area contributed by atoms with Gasteiger partial charge in [0.25, 0.3) is 0 Å². The van der Waals surface area contributed by atoms with Gasteiger partial charge in [0.2, 0.25) is 0 Å². The first-order valence-corrected chi connectivity index (χ1v) is 7.40. The Morgan fingerprint density at radius 3 is 2.65 bits per heavy atom. The maximum absolute atomic E-state index is 5.73. The minimum absolute atomic E-state index is 0.572. The van der Waals surface area contributed by atoms with Gasteiger partial charge in [-0.15, -0.1) is 0 Å². The van der Waals surface area contributed by atoms with E-state index in [1.165, 1.54) is 0 Å². The van der Waals surface area contributed by atoms with Crippen molar-refractivity contribution in [2.24, 2.45) is 0 Å². The Bertz CT molecular complexity index is 382. The number of ether oxygens (including phenoxy) is 1. The fourth-order valence-electron chi connectivity index (χ4n) is 2.40. The fraction of sp³-hybridized carbons (Fsp3) is 0.625. The van der Waals surface area contributed by atoms with Crippen LogP contribution in [0, 0.1) is 0 Å². The lowest BCUT2D eigenvalue weighted by atomic mass is 10.2. The second-order valence-electron chi connectivity index (χ2n) is 5.51. The van der Waals surface area contributed by atoms with E-state index < -0.39 is 0 Å². The highest BCUT2D eigenvalue weighted by atomic mass is 16.5. The van der Waals surface area contributed by atoms with Crippen LogP contribution in [0.4, 0.5) is 5.69 Å². The molecule has 0 amide bonds. The smallest absolute Gasteiger partial charge is 0.121 e. The number of nitrogen functional groups attached to an aromatic ring is 1. The molecule has 4 heteroatoms. The largest absolute Gasteiger partial charge is 0.493 e. The van der Waals surface area contributed by atoms with Crippen LogP contribution in [0.3, 0.4) is 0 Å². The van der Waals surface area contributed by atoms with Crippen LogP contribution >= 0.6 is 0 Å². The summed E-state index contributed by atoms with van der Waals surface area (Å²) in [6, 6.07) is 8.17. The number of likely N-dealkylation sites (N-methyl/N-ethyl adjacent to an activating group) is 2. The summed E-state index contributed by atoms with van der Waals surface area (Å²) in [7, 11) is 4.24. The summed E-state index contributed by atoms with van der Waals surface area (Å²) >= 11 is 0. The van der Waals surface area contributed by atoms with Crippen molar-refractivity contribution in [3.63, 3.8) is 0 Å². The third-order valence-electron chi connectivity index (χ3n) is 3.38. The minimum atomic E-state index is 0.572. The summed E-state index contributed by atoms with van der Waals surface area (Å²) < 4.78 is 5.73. The van der Waals surface area contributed by atoms with E-state index in [4.69, 9.17) is 10.5 Å². The summed E-state index contributed by atoms with van der Waals surface area (Å²) in [5, 5.41) is 0. The van der Waals surface area contributed by atoms with Crippen LogP contribution in [0.2, 0.25) is 0 Å². The van der Waals surface area contributed by atoms with E-state index in [-0.39, 0.29) is 0 Å². The molecule has 0 aromatic heterocycles. The van der Waals surface area contributed by atoms with Crippen LogP contribution in [0.1, 0.15) is 20.3 Å². The van der Waals surface area contributed by atoms with Gasteiger partial charge >= 0.3 is 0 Å². The van der Waals surface area contributed by atoms with Gasteiger partial charge in [-0.2, -0.15) is 0 Å². The van der Waals surface area contributed by atoms with Crippen LogP contribution in [-0.4, -0.2) is 56.2 Å². The second kappa shape index (κ2) is 8.82. The quantitative estimate of drug-likeness (QED) is 0.556. The lowest BCUT2D eigenvalue weighted by molar-refractivity contribution is 0.168. The molecule has 1 rings (SSSR count). The van der Waals surface area contributed by atoms with Gasteiger partial charge in [0.05, 0.1) is 6.61 Å². The van der Waals surface area contributed by atoms with Crippen LogP contribution in [0.5, 0.6) is 5.75 Å². The van der Waals surface area contributed by atoms with E-state index in [0.717, 1.165) is 44.1 Å². The van der Waals surface area contributed by atoms with Gasteiger partial charge < -0.3 is 15.4 Å². The summed E-state index contributed by atoms with van der Waals surface area (Å²) in [6.45, 7) is 8.45. The highest BCUT2D eigenvalue weighted by Crippen LogP contribution is 2.14. The molecule has 1 aromatic carbocycles. The number of nitrogens with zero attached hydrogens (tertiary/aromatic N) is 2. The van der Waals surface area contributed by atoms with Crippen molar-refractivity contribution < 1.29 is 4.74 Å². The number of hydrogen-bond donors (Lipinski definition) is 1. The zero-order chi connectivity index (χ0) is 15.0. The molecule has 0 saturated heterocycles. The van der Waals surface area contributed by atoms with E-state index in [1.807, 2.05) is 24.3 Å². The van der Waals surface area contributed by atoms with Crippen LogP contribution in [-0.2, 0) is 0 Å². The number of anilines is 1. The Kier molecular flexibility index (Phi) is 7.41. The van der Waals surface area contributed by atoms with Gasteiger partial charge in [-0.3, -0.25) is 4.90 Å². The van der Waals surface area contributed by atoms with E-state index in [0.29, 0.717) is 6.04 Å². The molecule has 1 unspecified atom stereocenters. The maximum Gasteiger partial charge on any atom is 0.121 e. The second-order valence-corrected chi connectivity index (χ2v) is 5.51. The highest BCUT2D eigenvalue weighted by molar-refractivity contribution is 5.43. The van der Waals surface area contributed by atoms with E-state index >= 15 is 0 Å². The molecule has 0 aliphatic heterocycles. The molecule has 0 heterocycles. The lowest BCUT2D eigenvalue weighted by Gasteiger charge is -2.29. The fourth-order valence-corrected chi connectivity index (χ4v) is 2.40. The van der Waals surface area contributed by atoms with Crippen LogP contribution < -0.4 is 10.5 Å². The van der Waals surface area contributed by atoms with Crippen molar-refractivity contribution >= 4 is 5.69 Å². The average Bonchev–Trinajstić information content (AvgIpc) is 2.38. The van der Waals surface area contributed by atoms with Crippen molar-refractivity contribution in [3.8, 4) is 5.75 Å². The van der Waals surface area contributed by atoms with E-state index in [1.54, 1.807) is 0 Å². The van der Waals surface area contributed by atoms with Gasteiger partial charge in [0.15, 0.2) is 0 Å². The van der Waals surface area contributed by atoms with Crippen molar-refractivity contribution in [2.45, 2.75) is 26.3 Å². The van der Waals surface area contributed by atoms with E-state index in [2.05, 4.69) is 37.7 Å². The van der Waals surface area contributed by atoms with E-state index in [9.17, 15) is 0 Å². The van der Waals surface area contributed by atoms with Crippen LogP contribution in [0.15, 0.2) is 24.3 Å². The SMILES string of the molecule is CCN(CCCOc1cccc(N)c1)C(C)CN(C)C. The molecular formula is C16H29N3O. The Labute approximate surface area is 123 Å². The molecule has 2 N–H and O–H groups in total. The zero-order valence-corrected chi connectivity index (χ0v) is 13.3. The van der Waals surface area contributed by atoms with Gasteiger partial charge in [-0.1, -0.05) is 13.0 Å². The predicted molar refractivity (Wildman–Crippen MR) is 86.2 cm³/mol. The minimum Gasteiger partial charge on any atom is -0.493 e. The summed E-state index contributed by atoms with van der Waals surface area (Å²) in [6.07, 6.45) is 1.03. The Balaban J connectivity index is 2.28. The number of benzene rings is 1. The molecule has 114 valence electrons. The maximum atomic E-state index is 5.73. The third-order valence-corrected chi connectivity index (χ3v) is 3.38. The number of rotatable bonds is 9. The standard InChI is InChI=1S/C16H29N3O/c1-5-19(14(2)13-18(3)4)10-7-11-20-16-9-6-8-15(17)12-16/h6,8-9,12,14H,5,7,10-11,13,17H2,1-4H3. The number of nitrogens with two attached hydrogens (primary N) is 1. The van der Waals surface area contributed by atoms with Gasteiger partial charge in [0, 0.05) is 30.9 Å². The highest BCUT2D eigenvalue weighted by Gasteiger charge is 2.12. The molecule has 0 fully saturated rings. The molecule has 4 nitrogen and oxygen atoms in total. The molecule has 0 radical (unpaired) electrons. The van der Waals surface area contributed by atoms with Crippen LogP contribution in [0.25, 0.3) is 0 Å². The molecule has 20 heavy (non-hydrogen) atoms. The summed E-state index contributed by atoms with van der Waals surface area (Å²) in [5.74, 6) is 0.856. The monoisotopic (exact) mass is 279 g/mol. The Morgan fingerprint density at radius 2 is 2.05 bits per heavy atom. The number of hydrogen-bond acceptors (Lipinski definition) is 4. The Morgan fingerprint density at radius 1 is 1.30 bits per heavy atom. The lowest BCUT2D eigenvalue weighted by Crippen LogP contribution is -2.40.